The monoisotopic (exact) mass is 268 g/mol. The van der Waals surface area contributed by atoms with Gasteiger partial charge in [0, 0.05) is 11.7 Å². The zero-order chi connectivity index (χ0) is 14.2. The number of pyridine rings is 1. The van der Waals surface area contributed by atoms with Crippen LogP contribution < -0.4 is 5.32 Å². The van der Waals surface area contributed by atoms with Gasteiger partial charge in [0.25, 0.3) is 0 Å². The lowest BCUT2D eigenvalue weighted by molar-refractivity contribution is 0.487. The van der Waals surface area contributed by atoms with Gasteiger partial charge in [-0.15, -0.1) is 0 Å². The third-order valence-electron chi connectivity index (χ3n) is 3.52. The Bertz CT molecular complexity index is 508. The SMILES string of the molecule is CCNC(CCCc1ccccc1)c1cccc(C)n1. The first-order valence-electron chi connectivity index (χ1n) is 7.50. The number of hydrogen-bond donors (Lipinski definition) is 1. The largest absolute Gasteiger partial charge is 0.309 e. The molecular weight excluding hydrogens is 244 g/mol. The first-order valence-corrected chi connectivity index (χ1v) is 7.50. The Morgan fingerprint density at radius 2 is 1.85 bits per heavy atom. The predicted molar refractivity (Wildman–Crippen MR) is 84.8 cm³/mol. The van der Waals surface area contributed by atoms with Gasteiger partial charge in [-0.3, -0.25) is 4.98 Å². The van der Waals surface area contributed by atoms with Gasteiger partial charge in [-0.25, -0.2) is 0 Å². The van der Waals surface area contributed by atoms with Gasteiger partial charge < -0.3 is 5.32 Å². The fourth-order valence-electron chi connectivity index (χ4n) is 2.51. The fraction of sp³-hybridized carbons (Fsp3) is 0.389. The maximum atomic E-state index is 4.66. The van der Waals surface area contributed by atoms with Crippen molar-refractivity contribution in [3.63, 3.8) is 0 Å². The van der Waals surface area contributed by atoms with E-state index in [1.807, 2.05) is 0 Å². The number of nitrogens with one attached hydrogen (secondary N) is 1. The maximum Gasteiger partial charge on any atom is 0.0576 e. The molecule has 0 bridgehead atoms. The van der Waals surface area contributed by atoms with Crippen LogP contribution in [0.3, 0.4) is 0 Å². The average molecular weight is 268 g/mol. The summed E-state index contributed by atoms with van der Waals surface area (Å²) >= 11 is 0. The Kier molecular flexibility index (Phi) is 5.75. The normalized spacial score (nSPS) is 12.3. The molecule has 0 radical (unpaired) electrons. The predicted octanol–water partition coefficient (Wildman–Crippen LogP) is 4.06. The fourth-order valence-corrected chi connectivity index (χ4v) is 2.51. The minimum Gasteiger partial charge on any atom is -0.309 e. The molecule has 0 aliphatic carbocycles. The van der Waals surface area contributed by atoms with Crippen molar-refractivity contribution in [3.05, 3.63) is 65.5 Å². The first kappa shape index (κ1) is 14.7. The van der Waals surface area contributed by atoms with Crippen molar-refractivity contribution in [1.29, 1.82) is 0 Å². The number of hydrogen-bond acceptors (Lipinski definition) is 2. The Morgan fingerprint density at radius 1 is 1.05 bits per heavy atom. The lowest BCUT2D eigenvalue weighted by Gasteiger charge is -2.17. The molecule has 106 valence electrons. The van der Waals surface area contributed by atoms with E-state index < -0.39 is 0 Å². The Labute approximate surface area is 122 Å². The van der Waals surface area contributed by atoms with Crippen molar-refractivity contribution in [1.82, 2.24) is 10.3 Å². The van der Waals surface area contributed by atoms with Crippen LogP contribution in [-0.4, -0.2) is 11.5 Å². The molecule has 0 spiro atoms. The number of rotatable bonds is 7. The van der Waals surface area contributed by atoms with Crippen LogP contribution in [0.5, 0.6) is 0 Å². The Balaban J connectivity index is 1.92. The smallest absolute Gasteiger partial charge is 0.0576 e. The molecule has 2 aromatic rings. The van der Waals surface area contributed by atoms with Gasteiger partial charge in [0.1, 0.15) is 0 Å². The molecule has 20 heavy (non-hydrogen) atoms. The van der Waals surface area contributed by atoms with Crippen molar-refractivity contribution >= 4 is 0 Å². The van der Waals surface area contributed by atoms with Gasteiger partial charge in [-0.1, -0.05) is 43.3 Å². The first-order chi connectivity index (χ1) is 9.79. The van der Waals surface area contributed by atoms with Crippen LogP contribution in [0.2, 0.25) is 0 Å². The second-order valence-electron chi connectivity index (χ2n) is 5.19. The molecule has 2 rings (SSSR count). The molecule has 0 saturated carbocycles. The Hall–Kier alpha value is -1.67. The number of aryl methyl sites for hydroxylation is 2. The van der Waals surface area contributed by atoms with E-state index in [-0.39, 0.29) is 0 Å². The van der Waals surface area contributed by atoms with Crippen LogP contribution in [0.4, 0.5) is 0 Å². The highest BCUT2D eigenvalue weighted by atomic mass is 14.9. The third-order valence-corrected chi connectivity index (χ3v) is 3.52. The van der Waals surface area contributed by atoms with Crippen molar-refractivity contribution in [2.75, 3.05) is 6.54 Å². The summed E-state index contributed by atoms with van der Waals surface area (Å²) in [5, 5.41) is 3.55. The lowest BCUT2D eigenvalue weighted by atomic mass is 10.0. The van der Waals surface area contributed by atoms with E-state index >= 15 is 0 Å². The molecule has 0 aliphatic heterocycles. The highest BCUT2D eigenvalue weighted by molar-refractivity contribution is 5.16. The molecule has 1 unspecified atom stereocenters. The molecule has 2 heteroatoms. The molecule has 0 fully saturated rings. The minimum absolute atomic E-state index is 0.364. The standard InChI is InChI=1S/C18H24N2/c1-3-19-17(18-14-7-9-15(2)20-18)13-8-12-16-10-5-4-6-11-16/h4-7,9-11,14,17,19H,3,8,12-13H2,1-2H3. The van der Waals surface area contributed by atoms with Crippen molar-refractivity contribution < 1.29 is 0 Å². The molecule has 2 nitrogen and oxygen atoms in total. The number of aromatic nitrogens is 1. The van der Waals surface area contributed by atoms with E-state index in [0.29, 0.717) is 6.04 Å². The summed E-state index contributed by atoms with van der Waals surface area (Å²) in [7, 11) is 0. The van der Waals surface area contributed by atoms with Gasteiger partial charge in [0.15, 0.2) is 0 Å². The molecule has 0 aliphatic rings. The van der Waals surface area contributed by atoms with Crippen LogP contribution in [0, 0.1) is 6.92 Å². The molecule has 0 amide bonds. The van der Waals surface area contributed by atoms with Crippen LogP contribution >= 0.6 is 0 Å². The minimum atomic E-state index is 0.364. The van der Waals surface area contributed by atoms with E-state index in [1.165, 1.54) is 17.7 Å². The summed E-state index contributed by atoms with van der Waals surface area (Å²) in [6.07, 6.45) is 3.44. The Morgan fingerprint density at radius 3 is 2.55 bits per heavy atom. The maximum absolute atomic E-state index is 4.66. The highest BCUT2D eigenvalue weighted by Gasteiger charge is 2.11. The van der Waals surface area contributed by atoms with Crippen LogP contribution in [-0.2, 0) is 6.42 Å². The summed E-state index contributed by atoms with van der Waals surface area (Å²) in [6, 6.07) is 17.3. The van der Waals surface area contributed by atoms with Crippen LogP contribution in [0.25, 0.3) is 0 Å². The van der Waals surface area contributed by atoms with Crippen LogP contribution in [0.1, 0.15) is 42.8 Å². The average Bonchev–Trinajstić information content (AvgIpc) is 2.47. The summed E-state index contributed by atoms with van der Waals surface area (Å²) < 4.78 is 0. The second-order valence-corrected chi connectivity index (χ2v) is 5.19. The molecule has 1 heterocycles. The number of nitrogens with zero attached hydrogens (tertiary/aromatic N) is 1. The highest BCUT2D eigenvalue weighted by Crippen LogP contribution is 2.18. The zero-order valence-electron chi connectivity index (χ0n) is 12.5. The van der Waals surface area contributed by atoms with Crippen molar-refractivity contribution in [3.8, 4) is 0 Å². The number of benzene rings is 1. The molecule has 0 saturated heterocycles. The molecule has 1 aromatic carbocycles. The third kappa shape index (κ3) is 4.46. The molecular formula is C18H24N2. The van der Waals surface area contributed by atoms with Gasteiger partial charge in [-0.05, 0) is 50.4 Å². The van der Waals surface area contributed by atoms with E-state index in [0.717, 1.165) is 25.1 Å². The van der Waals surface area contributed by atoms with Gasteiger partial charge in [0.05, 0.1) is 5.69 Å². The molecule has 1 N–H and O–H groups in total. The molecule has 1 aromatic heterocycles. The van der Waals surface area contributed by atoms with Crippen molar-refractivity contribution in [2.24, 2.45) is 0 Å². The topological polar surface area (TPSA) is 24.9 Å². The quantitative estimate of drug-likeness (QED) is 0.819. The van der Waals surface area contributed by atoms with E-state index in [9.17, 15) is 0 Å². The summed E-state index contributed by atoms with van der Waals surface area (Å²) in [5.74, 6) is 0. The van der Waals surface area contributed by atoms with E-state index in [4.69, 9.17) is 0 Å². The second kappa shape index (κ2) is 7.81. The van der Waals surface area contributed by atoms with Gasteiger partial charge >= 0.3 is 0 Å². The zero-order valence-corrected chi connectivity index (χ0v) is 12.5. The summed E-state index contributed by atoms with van der Waals surface area (Å²) in [5.41, 5.74) is 3.67. The lowest BCUT2D eigenvalue weighted by Crippen LogP contribution is -2.22. The van der Waals surface area contributed by atoms with Crippen molar-refractivity contribution in [2.45, 2.75) is 39.2 Å². The van der Waals surface area contributed by atoms with Gasteiger partial charge in [0.2, 0.25) is 0 Å². The summed E-state index contributed by atoms with van der Waals surface area (Å²) in [4.78, 5) is 4.66. The van der Waals surface area contributed by atoms with E-state index in [1.54, 1.807) is 0 Å². The molecule has 1 atom stereocenters. The van der Waals surface area contributed by atoms with E-state index in [2.05, 4.69) is 72.7 Å². The van der Waals surface area contributed by atoms with Crippen LogP contribution in [0.15, 0.2) is 48.5 Å². The summed E-state index contributed by atoms with van der Waals surface area (Å²) in [6.45, 7) is 5.18. The van der Waals surface area contributed by atoms with Gasteiger partial charge in [-0.2, -0.15) is 0 Å².